The summed E-state index contributed by atoms with van der Waals surface area (Å²) < 4.78 is 17.1. The molecule has 0 spiro atoms. The molecule has 0 saturated heterocycles. The molecule has 0 bridgehead atoms. The van der Waals surface area contributed by atoms with Crippen LogP contribution < -0.4 is 5.32 Å². The van der Waals surface area contributed by atoms with Gasteiger partial charge in [0.2, 0.25) is 0 Å². The first-order chi connectivity index (χ1) is 18.2. The first-order valence-corrected chi connectivity index (χ1v) is 12.9. The van der Waals surface area contributed by atoms with Crippen molar-refractivity contribution in [2.75, 3.05) is 6.61 Å². The van der Waals surface area contributed by atoms with Gasteiger partial charge in [0.05, 0.1) is 17.7 Å². The van der Waals surface area contributed by atoms with Gasteiger partial charge in [-0.3, -0.25) is 0 Å². The first kappa shape index (κ1) is 27.1. The van der Waals surface area contributed by atoms with E-state index in [0.29, 0.717) is 0 Å². The maximum atomic E-state index is 12.9. The molecular formula is C32H35NO5. The Morgan fingerprint density at radius 3 is 2.05 bits per heavy atom. The van der Waals surface area contributed by atoms with Gasteiger partial charge in [-0.2, -0.15) is 0 Å². The lowest BCUT2D eigenvalue weighted by Crippen LogP contribution is -2.45. The number of hydrogen-bond donors (Lipinski definition) is 1. The highest BCUT2D eigenvalue weighted by Gasteiger charge is 2.30. The number of fused-ring (bicyclic) bond motifs is 3. The van der Waals surface area contributed by atoms with Crippen LogP contribution in [-0.2, 0) is 25.6 Å². The number of benzene rings is 3. The molecule has 0 radical (unpaired) electrons. The molecule has 0 unspecified atom stereocenters. The van der Waals surface area contributed by atoms with E-state index in [0.717, 1.165) is 16.7 Å². The van der Waals surface area contributed by atoms with Gasteiger partial charge in [-0.1, -0.05) is 84.9 Å². The van der Waals surface area contributed by atoms with Crippen molar-refractivity contribution < 1.29 is 23.8 Å². The normalized spacial score (nSPS) is 14.4. The van der Waals surface area contributed by atoms with Gasteiger partial charge in [0.15, 0.2) is 0 Å². The second-order valence-corrected chi connectivity index (χ2v) is 10.4. The second-order valence-electron chi connectivity index (χ2n) is 10.4. The number of hydrogen-bond acceptors (Lipinski definition) is 5. The summed E-state index contributed by atoms with van der Waals surface area (Å²) in [5.74, 6) is -0.547. The molecule has 38 heavy (non-hydrogen) atoms. The van der Waals surface area contributed by atoms with Crippen LogP contribution in [0.5, 0.6) is 0 Å². The highest BCUT2D eigenvalue weighted by molar-refractivity contribution is 5.82. The molecule has 0 heterocycles. The molecule has 3 aromatic rings. The molecule has 4 rings (SSSR count). The molecule has 2 atom stereocenters. The van der Waals surface area contributed by atoms with Gasteiger partial charge < -0.3 is 19.5 Å². The quantitative estimate of drug-likeness (QED) is 0.265. The summed E-state index contributed by atoms with van der Waals surface area (Å²) in [6.45, 7) is 8.02. The predicted molar refractivity (Wildman–Crippen MR) is 148 cm³/mol. The Balaban J connectivity index is 1.40. The van der Waals surface area contributed by atoms with Gasteiger partial charge in [0.1, 0.15) is 13.2 Å². The standard InChI is InChI=1S/C32H35NO5/c1-22(38-32(2,3)4)29(18-19-30(34)36-20-23-12-6-5-7-13-23)33-31(35)37-21-28-26-16-10-8-14-24(26)25-15-9-11-17-27(25)28/h5-19,22,28-29H,20-21H2,1-4H3,(H,33,35)/b19-18+/t22-,29-/m0/s1. The average molecular weight is 514 g/mol. The molecule has 0 saturated carbocycles. The molecule has 0 fully saturated rings. The van der Waals surface area contributed by atoms with Crippen LogP contribution in [-0.4, -0.2) is 36.4 Å². The lowest BCUT2D eigenvalue weighted by molar-refractivity contribution is -0.139. The van der Waals surface area contributed by atoms with Crippen molar-refractivity contribution in [3.8, 4) is 11.1 Å². The largest absolute Gasteiger partial charge is 0.458 e. The molecule has 6 heteroatoms. The molecule has 1 aliphatic rings. The summed E-state index contributed by atoms with van der Waals surface area (Å²) in [6.07, 6.45) is 1.91. The van der Waals surface area contributed by atoms with Crippen molar-refractivity contribution in [3.63, 3.8) is 0 Å². The fourth-order valence-corrected chi connectivity index (χ4v) is 4.69. The Morgan fingerprint density at radius 2 is 1.45 bits per heavy atom. The number of alkyl carbamates (subject to hydrolysis) is 1. The smallest absolute Gasteiger partial charge is 0.407 e. The van der Waals surface area contributed by atoms with Crippen LogP contribution in [0.2, 0.25) is 0 Å². The lowest BCUT2D eigenvalue weighted by atomic mass is 9.98. The zero-order chi connectivity index (χ0) is 27.1. The fraction of sp³-hybridized carbons (Fsp3) is 0.312. The molecule has 1 aliphatic carbocycles. The Hall–Kier alpha value is -3.90. The monoisotopic (exact) mass is 513 g/mol. The van der Waals surface area contributed by atoms with Gasteiger partial charge in [-0.05, 0) is 55.5 Å². The van der Waals surface area contributed by atoms with E-state index < -0.39 is 29.8 Å². The summed E-state index contributed by atoms with van der Waals surface area (Å²) in [5, 5.41) is 2.86. The summed E-state index contributed by atoms with van der Waals surface area (Å²) in [6, 6.07) is 25.2. The molecule has 1 N–H and O–H groups in total. The number of ether oxygens (including phenoxy) is 3. The van der Waals surface area contributed by atoms with Gasteiger partial charge >= 0.3 is 12.1 Å². The van der Waals surface area contributed by atoms with Gasteiger partial charge in [0.25, 0.3) is 0 Å². The highest BCUT2D eigenvalue weighted by Crippen LogP contribution is 2.44. The highest BCUT2D eigenvalue weighted by atomic mass is 16.6. The zero-order valence-electron chi connectivity index (χ0n) is 22.3. The van der Waals surface area contributed by atoms with Gasteiger partial charge in [-0.25, -0.2) is 9.59 Å². The minimum absolute atomic E-state index is 0.0432. The number of carbonyl (C=O) groups is 2. The second kappa shape index (κ2) is 12.1. The summed E-state index contributed by atoms with van der Waals surface area (Å²) in [7, 11) is 0. The SMILES string of the molecule is C[C@H](OC(C)(C)C)[C@H](/C=C/C(=O)OCc1ccccc1)NC(=O)OCC1c2ccccc2-c2ccccc21. The summed E-state index contributed by atoms with van der Waals surface area (Å²) >= 11 is 0. The van der Waals surface area contributed by atoms with E-state index in [-0.39, 0.29) is 19.1 Å². The van der Waals surface area contributed by atoms with Crippen LogP contribution in [0.15, 0.2) is 91.0 Å². The van der Waals surface area contributed by atoms with E-state index in [4.69, 9.17) is 14.2 Å². The van der Waals surface area contributed by atoms with Crippen LogP contribution >= 0.6 is 0 Å². The lowest BCUT2D eigenvalue weighted by Gasteiger charge is -2.30. The van der Waals surface area contributed by atoms with Crippen LogP contribution in [0.1, 0.15) is 50.3 Å². The third-order valence-corrected chi connectivity index (χ3v) is 6.34. The maximum absolute atomic E-state index is 12.9. The predicted octanol–water partition coefficient (Wildman–Crippen LogP) is 6.40. The minimum Gasteiger partial charge on any atom is -0.458 e. The van der Waals surface area contributed by atoms with Crippen molar-refractivity contribution in [2.45, 2.75) is 58.0 Å². The maximum Gasteiger partial charge on any atom is 0.407 e. The number of amides is 1. The average Bonchev–Trinajstić information content (AvgIpc) is 3.22. The van der Waals surface area contributed by atoms with E-state index in [1.165, 1.54) is 17.2 Å². The van der Waals surface area contributed by atoms with Crippen molar-refractivity contribution in [1.82, 2.24) is 5.32 Å². The molecule has 1 amide bonds. The van der Waals surface area contributed by atoms with E-state index >= 15 is 0 Å². The molecule has 6 nitrogen and oxygen atoms in total. The van der Waals surface area contributed by atoms with Gasteiger partial charge in [0, 0.05) is 12.0 Å². The third kappa shape index (κ3) is 7.11. The summed E-state index contributed by atoms with van der Waals surface area (Å²) in [4.78, 5) is 25.3. The van der Waals surface area contributed by atoms with E-state index in [9.17, 15) is 9.59 Å². The number of nitrogens with one attached hydrogen (secondary N) is 1. The van der Waals surface area contributed by atoms with Crippen molar-refractivity contribution in [3.05, 3.63) is 108 Å². The van der Waals surface area contributed by atoms with Crippen molar-refractivity contribution in [1.29, 1.82) is 0 Å². The van der Waals surface area contributed by atoms with Crippen LogP contribution in [0.4, 0.5) is 4.79 Å². The van der Waals surface area contributed by atoms with Gasteiger partial charge in [-0.15, -0.1) is 0 Å². The van der Waals surface area contributed by atoms with Crippen LogP contribution in [0.3, 0.4) is 0 Å². The topological polar surface area (TPSA) is 73.9 Å². The Labute approximate surface area is 224 Å². The summed E-state index contributed by atoms with van der Waals surface area (Å²) in [5.41, 5.74) is 5.07. The molecule has 0 aliphatic heterocycles. The number of rotatable bonds is 9. The number of carbonyl (C=O) groups excluding carboxylic acids is 2. The van der Waals surface area contributed by atoms with E-state index in [1.54, 1.807) is 6.08 Å². The number of esters is 1. The van der Waals surface area contributed by atoms with E-state index in [2.05, 4.69) is 29.6 Å². The zero-order valence-corrected chi connectivity index (χ0v) is 22.3. The van der Waals surface area contributed by atoms with Crippen molar-refractivity contribution in [2.24, 2.45) is 0 Å². The van der Waals surface area contributed by atoms with Crippen molar-refractivity contribution >= 4 is 12.1 Å². The van der Waals surface area contributed by atoms with Crippen LogP contribution in [0, 0.1) is 0 Å². The van der Waals surface area contributed by atoms with Crippen LogP contribution in [0.25, 0.3) is 11.1 Å². The Morgan fingerprint density at radius 1 is 0.868 bits per heavy atom. The Bertz CT molecular complexity index is 1230. The molecule has 0 aromatic heterocycles. The molecule has 198 valence electrons. The molecular weight excluding hydrogens is 478 g/mol. The van der Waals surface area contributed by atoms with E-state index in [1.807, 2.05) is 82.3 Å². The molecule has 3 aromatic carbocycles. The minimum atomic E-state index is -0.603. The Kier molecular flexibility index (Phi) is 8.64. The first-order valence-electron chi connectivity index (χ1n) is 12.9. The fourth-order valence-electron chi connectivity index (χ4n) is 4.69. The third-order valence-electron chi connectivity index (χ3n) is 6.34.